The van der Waals surface area contributed by atoms with E-state index in [1.807, 2.05) is 12.1 Å². The molecule has 0 saturated carbocycles. The zero-order chi connectivity index (χ0) is 18.5. The number of hydrogen-bond donors (Lipinski definition) is 2. The van der Waals surface area contributed by atoms with Crippen LogP contribution in [0.1, 0.15) is 26.2 Å². The second-order valence-electron chi connectivity index (χ2n) is 6.55. The summed E-state index contributed by atoms with van der Waals surface area (Å²) in [5.74, 6) is -0.194. The van der Waals surface area contributed by atoms with Gasteiger partial charge in [0.1, 0.15) is 6.04 Å². The highest BCUT2D eigenvalue weighted by molar-refractivity contribution is 6.39. The summed E-state index contributed by atoms with van der Waals surface area (Å²) in [6, 6.07) is 12.9. The van der Waals surface area contributed by atoms with Crippen LogP contribution in [-0.2, 0) is 4.79 Å². The van der Waals surface area contributed by atoms with Gasteiger partial charge in [-0.05, 0) is 62.6 Å². The Hall–Kier alpha value is -1.91. The molecule has 1 unspecified atom stereocenters. The highest BCUT2D eigenvalue weighted by atomic mass is 35.5. The van der Waals surface area contributed by atoms with Gasteiger partial charge in [0.05, 0.1) is 15.7 Å². The lowest BCUT2D eigenvalue weighted by Crippen LogP contribution is -2.32. The third-order valence-electron chi connectivity index (χ3n) is 4.58. The van der Waals surface area contributed by atoms with Gasteiger partial charge in [-0.1, -0.05) is 29.3 Å². The average molecular weight is 392 g/mol. The third kappa shape index (κ3) is 4.63. The summed E-state index contributed by atoms with van der Waals surface area (Å²) >= 11 is 12.2. The fraction of sp³-hybridized carbons (Fsp3) is 0.350. The number of nitrogens with zero attached hydrogens (tertiary/aromatic N) is 1. The minimum atomic E-state index is -0.428. The van der Waals surface area contributed by atoms with E-state index in [-0.39, 0.29) is 5.91 Å². The molecule has 1 aliphatic rings. The first-order valence-electron chi connectivity index (χ1n) is 8.91. The Balaban J connectivity index is 1.60. The predicted octanol–water partition coefficient (Wildman–Crippen LogP) is 5.42. The molecule has 0 radical (unpaired) electrons. The molecule has 1 atom stereocenters. The van der Waals surface area contributed by atoms with Crippen molar-refractivity contribution < 1.29 is 4.79 Å². The molecular weight excluding hydrogens is 369 g/mol. The van der Waals surface area contributed by atoms with Gasteiger partial charge in [-0.2, -0.15) is 0 Å². The molecule has 138 valence electrons. The maximum atomic E-state index is 12.4. The molecule has 2 N–H and O–H groups in total. The summed E-state index contributed by atoms with van der Waals surface area (Å²) in [5.41, 5.74) is 2.57. The zero-order valence-corrected chi connectivity index (χ0v) is 16.3. The summed E-state index contributed by atoms with van der Waals surface area (Å²) in [6.45, 7) is 4.03. The first-order chi connectivity index (χ1) is 12.5. The number of anilines is 3. The van der Waals surface area contributed by atoms with Crippen LogP contribution in [0.4, 0.5) is 17.1 Å². The molecule has 1 aliphatic heterocycles. The summed E-state index contributed by atoms with van der Waals surface area (Å²) < 4.78 is 0. The van der Waals surface area contributed by atoms with Crippen molar-refractivity contribution in [3.8, 4) is 0 Å². The molecule has 26 heavy (non-hydrogen) atoms. The van der Waals surface area contributed by atoms with E-state index in [9.17, 15) is 4.79 Å². The number of piperidine rings is 1. The van der Waals surface area contributed by atoms with E-state index in [1.54, 1.807) is 25.1 Å². The molecule has 1 amide bonds. The van der Waals surface area contributed by atoms with Crippen molar-refractivity contribution in [2.45, 2.75) is 32.2 Å². The van der Waals surface area contributed by atoms with Crippen LogP contribution in [0.3, 0.4) is 0 Å². The van der Waals surface area contributed by atoms with Crippen molar-refractivity contribution in [2.75, 3.05) is 28.6 Å². The zero-order valence-electron chi connectivity index (χ0n) is 14.8. The number of rotatable bonds is 5. The van der Waals surface area contributed by atoms with Gasteiger partial charge in [0, 0.05) is 24.5 Å². The number of hydrogen-bond acceptors (Lipinski definition) is 3. The second-order valence-corrected chi connectivity index (χ2v) is 7.36. The van der Waals surface area contributed by atoms with Crippen molar-refractivity contribution in [3.63, 3.8) is 0 Å². The SMILES string of the molecule is CC(Nc1ccc(N2CCCCC2)cc1)C(=O)Nc1c(Cl)cccc1Cl. The summed E-state index contributed by atoms with van der Waals surface area (Å²) in [6.07, 6.45) is 3.82. The first-order valence-corrected chi connectivity index (χ1v) is 9.66. The highest BCUT2D eigenvalue weighted by Crippen LogP contribution is 2.30. The van der Waals surface area contributed by atoms with Crippen LogP contribution < -0.4 is 15.5 Å². The topological polar surface area (TPSA) is 44.4 Å². The Morgan fingerprint density at radius 2 is 1.62 bits per heavy atom. The molecule has 6 heteroatoms. The Bertz CT molecular complexity index is 738. The summed E-state index contributed by atoms with van der Waals surface area (Å²) in [7, 11) is 0. The van der Waals surface area contributed by atoms with E-state index < -0.39 is 6.04 Å². The molecule has 0 spiro atoms. The number of halogens is 2. The quantitative estimate of drug-likeness (QED) is 0.714. The molecule has 1 saturated heterocycles. The van der Waals surface area contributed by atoms with Crippen LogP contribution in [-0.4, -0.2) is 25.0 Å². The second kappa shape index (κ2) is 8.65. The lowest BCUT2D eigenvalue weighted by molar-refractivity contribution is -0.116. The Kier molecular flexibility index (Phi) is 6.28. The largest absolute Gasteiger partial charge is 0.374 e. The van der Waals surface area contributed by atoms with Crippen LogP contribution in [0.2, 0.25) is 10.0 Å². The van der Waals surface area contributed by atoms with Gasteiger partial charge in [-0.25, -0.2) is 0 Å². The smallest absolute Gasteiger partial charge is 0.246 e. The van der Waals surface area contributed by atoms with Crippen molar-refractivity contribution in [2.24, 2.45) is 0 Å². The molecule has 1 heterocycles. The average Bonchev–Trinajstić information content (AvgIpc) is 2.66. The minimum Gasteiger partial charge on any atom is -0.374 e. The van der Waals surface area contributed by atoms with Crippen LogP contribution in [0.25, 0.3) is 0 Å². The number of benzene rings is 2. The fourth-order valence-electron chi connectivity index (χ4n) is 3.08. The van der Waals surface area contributed by atoms with Crippen LogP contribution >= 0.6 is 23.2 Å². The van der Waals surface area contributed by atoms with Gasteiger partial charge in [0.15, 0.2) is 0 Å². The molecule has 3 rings (SSSR count). The molecule has 1 fully saturated rings. The number of carbonyl (C=O) groups is 1. The van der Waals surface area contributed by atoms with E-state index in [2.05, 4.69) is 27.7 Å². The maximum Gasteiger partial charge on any atom is 0.246 e. The Labute approximate surface area is 164 Å². The van der Waals surface area contributed by atoms with Crippen molar-refractivity contribution >= 4 is 46.2 Å². The highest BCUT2D eigenvalue weighted by Gasteiger charge is 2.16. The van der Waals surface area contributed by atoms with Crippen LogP contribution in [0.15, 0.2) is 42.5 Å². The molecule has 2 aromatic carbocycles. The van der Waals surface area contributed by atoms with Crippen molar-refractivity contribution in [1.29, 1.82) is 0 Å². The maximum absolute atomic E-state index is 12.4. The number of amides is 1. The predicted molar refractivity (Wildman–Crippen MR) is 111 cm³/mol. The van der Waals surface area contributed by atoms with Crippen molar-refractivity contribution in [3.05, 3.63) is 52.5 Å². The van der Waals surface area contributed by atoms with E-state index in [4.69, 9.17) is 23.2 Å². The van der Waals surface area contributed by atoms with E-state index in [0.717, 1.165) is 18.8 Å². The van der Waals surface area contributed by atoms with Gasteiger partial charge in [-0.15, -0.1) is 0 Å². The Morgan fingerprint density at radius 3 is 2.23 bits per heavy atom. The van der Waals surface area contributed by atoms with Gasteiger partial charge < -0.3 is 15.5 Å². The summed E-state index contributed by atoms with van der Waals surface area (Å²) in [5, 5.41) is 6.84. The normalized spacial score (nSPS) is 15.4. The van der Waals surface area contributed by atoms with Gasteiger partial charge in [0.2, 0.25) is 5.91 Å². The number of para-hydroxylation sites is 1. The molecule has 2 aromatic rings. The van der Waals surface area contributed by atoms with E-state index >= 15 is 0 Å². The van der Waals surface area contributed by atoms with Crippen LogP contribution in [0.5, 0.6) is 0 Å². The van der Waals surface area contributed by atoms with Gasteiger partial charge in [-0.3, -0.25) is 4.79 Å². The lowest BCUT2D eigenvalue weighted by atomic mass is 10.1. The van der Waals surface area contributed by atoms with Gasteiger partial charge in [0.25, 0.3) is 0 Å². The molecule has 4 nitrogen and oxygen atoms in total. The van der Waals surface area contributed by atoms with E-state index in [1.165, 1.54) is 24.9 Å². The number of nitrogens with one attached hydrogen (secondary N) is 2. The van der Waals surface area contributed by atoms with Crippen molar-refractivity contribution in [1.82, 2.24) is 0 Å². The molecule has 0 bridgehead atoms. The van der Waals surface area contributed by atoms with Gasteiger partial charge >= 0.3 is 0 Å². The standard InChI is InChI=1S/C20H23Cl2N3O/c1-14(20(26)24-19-17(21)6-5-7-18(19)22)23-15-8-10-16(11-9-15)25-12-3-2-4-13-25/h5-11,14,23H,2-4,12-13H2,1H3,(H,24,26). The lowest BCUT2D eigenvalue weighted by Gasteiger charge is -2.29. The molecule has 0 aliphatic carbocycles. The fourth-order valence-corrected chi connectivity index (χ4v) is 3.58. The Morgan fingerprint density at radius 1 is 1.00 bits per heavy atom. The first kappa shape index (κ1) is 18.9. The molecule has 0 aromatic heterocycles. The van der Waals surface area contributed by atoms with E-state index in [0.29, 0.717) is 15.7 Å². The number of carbonyl (C=O) groups excluding carboxylic acids is 1. The minimum absolute atomic E-state index is 0.194. The monoisotopic (exact) mass is 391 g/mol. The molecular formula is C20H23Cl2N3O. The van der Waals surface area contributed by atoms with Crippen LogP contribution in [0, 0.1) is 0 Å². The third-order valence-corrected chi connectivity index (χ3v) is 5.21. The summed E-state index contributed by atoms with van der Waals surface area (Å²) in [4.78, 5) is 14.8.